The zero-order valence-corrected chi connectivity index (χ0v) is 44.1. The number of unbranched alkanes of at least 4 members (excludes halogenated alkanes) is 26. The van der Waals surface area contributed by atoms with E-state index in [4.69, 9.17) is 18.5 Å². The molecule has 0 fully saturated rings. The summed E-state index contributed by atoms with van der Waals surface area (Å²) in [5, 5.41) is 0. The molecule has 0 bridgehead atoms. The molecule has 0 amide bonds. The van der Waals surface area contributed by atoms with Crippen LogP contribution >= 0.6 is 7.82 Å². The summed E-state index contributed by atoms with van der Waals surface area (Å²) >= 11 is 0. The average molecular weight is 934 g/mol. The van der Waals surface area contributed by atoms with Crippen molar-refractivity contribution in [1.29, 1.82) is 0 Å². The van der Waals surface area contributed by atoms with E-state index in [2.05, 4.69) is 74.6 Å². The molecule has 0 rings (SSSR count). The van der Waals surface area contributed by atoms with E-state index in [0.717, 1.165) is 57.8 Å². The fraction of sp³-hybridized carbons (Fsp3) is 0.804. The van der Waals surface area contributed by atoms with Crippen LogP contribution in [0.4, 0.5) is 0 Å². The first-order valence-corrected chi connectivity index (χ1v) is 28.5. The standard InChI is InChI=1S/C56H104NO7P/c1-6-8-10-12-14-16-18-20-22-24-26-28-30-32-34-36-38-40-42-44-46-48-51-61-53-55(54-63-65(59,60)62-52-50-57(3,4)5)64-56(58)49-47-45-43-41-39-37-35-33-31-29-27-25-23-21-19-17-15-13-11-9-7-2/h18-21,24-27,30,32,55H,6-17,22-23,28-29,31,33-54H2,1-5H3/b20-18-,21-19-,26-24-,27-25-,32-30-. The van der Waals surface area contributed by atoms with Crippen LogP contribution in [0, 0.1) is 0 Å². The number of allylic oxidation sites excluding steroid dienone is 10. The SMILES string of the molecule is CCCCCCC/C=C\C/C=C\C/C=C\CCCCCCCCCOCC(COP(=O)([O-])OCC[N+](C)(C)C)OC(=O)CCCCCCCCCCC/C=C\C/C=C\CCCCCCC. The third-order valence-electron chi connectivity index (χ3n) is 11.5. The molecule has 380 valence electrons. The minimum Gasteiger partial charge on any atom is -0.756 e. The van der Waals surface area contributed by atoms with Gasteiger partial charge in [-0.2, -0.15) is 0 Å². The molecule has 0 aromatic carbocycles. The van der Waals surface area contributed by atoms with Gasteiger partial charge in [-0.15, -0.1) is 0 Å². The Balaban J connectivity index is 4.16. The fourth-order valence-corrected chi connectivity index (χ4v) is 8.08. The molecule has 2 unspecified atom stereocenters. The predicted octanol–water partition coefficient (Wildman–Crippen LogP) is 16.2. The molecule has 0 spiro atoms. The van der Waals surface area contributed by atoms with Crippen LogP contribution in [0.5, 0.6) is 0 Å². The van der Waals surface area contributed by atoms with Gasteiger partial charge in [-0.3, -0.25) is 9.36 Å². The highest BCUT2D eigenvalue weighted by Gasteiger charge is 2.20. The van der Waals surface area contributed by atoms with Gasteiger partial charge < -0.3 is 27.9 Å². The average Bonchev–Trinajstić information content (AvgIpc) is 3.27. The number of carbonyl (C=O) groups excluding carboxylic acids is 1. The van der Waals surface area contributed by atoms with Gasteiger partial charge in [-0.25, -0.2) is 0 Å². The van der Waals surface area contributed by atoms with Gasteiger partial charge in [0.15, 0.2) is 0 Å². The lowest BCUT2D eigenvalue weighted by Gasteiger charge is -2.28. The summed E-state index contributed by atoms with van der Waals surface area (Å²) in [4.78, 5) is 25.2. The number of carbonyl (C=O) groups is 1. The van der Waals surface area contributed by atoms with Gasteiger partial charge in [0.1, 0.15) is 19.3 Å². The van der Waals surface area contributed by atoms with Gasteiger partial charge in [0, 0.05) is 13.0 Å². The van der Waals surface area contributed by atoms with Gasteiger partial charge >= 0.3 is 5.97 Å². The van der Waals surface area contributed by atoms with E-state index in [-0.39, 0.29) is 25.8 Å². The topological polar surface area (TPSA) is 94.1 Å². The van der Waals surface area contributed by atoms with Crippen molar-refractivity contribution in [3.63, 3.8) is 0 Å². The minimum absolute atomic E-state index is 0.0210. The molecule has 65 heavy (non-hydrogen) atoms. The van der Waals surface area contributed by atoms with Gasteiger partial charge in [0.05, 0.1) is 34.4 Å². The van der Waals surface area contributed by atoms with Crippen molar-refractivity contribution in [2.75, 3.05) is 54.1 Å². The number of phosphoric acid groups is 1. The Morgan fingerprint density at radius 2 is 0.846 bits per heavy atom. The van der Waals surface area contributed by atoms with Crippen molar-refractivity contribution < 1.29 is 37.3 Å². The summed E-state index contributed by atoms with van der Waals surface area (Å²) in [5.74, 6) is -0.342. The largest absolute Gasteiger partial charge is 0.756 e. The van der Waals surface area contributed by atoms with Gasteiger partial charge in [-0.1, -0.05) is 203 Å². The molecule has 0 aliphatic rings. The number of hydrogen-bond donors (Lipinski definition) is 0. The first-order chi connectivity index (χ1) is 31.6. The predicted molar refractivity (Wildman–Crippen MR) is 277 cm³/mol. The molecule has 0 aliphatic heterocycles. The summed E-state index contributed by atoms with van der Waals surface area (Å²) in [7, 11) is 1.34. The number of hydrogen-bond acceptors (Lipinski definition) is 7. The second kappa shape index (κ2) is 48.6. The van der Waals surface area contributed by atoms with E-state index in [0.29, 0.717) is 24.1 Å². The Morgan fingerprint density at radius 3 is 1.26 bits per heavy atom. The Bertz CT molecular complexity index is 1220. The molecular formula is C56H104NO7P. The first-order valence-electron chi connectivity index (χ1n) is 27.0. The van der Waals surface area contributed by atoms with Crippen molar-refractivity contribution in [2.24, 2.45) is 0 Å². The molecule has 0 saturated heterocycles. The van der Waals surface area contributed by atoms with Gasteiger partial charge in [0.2, 0.25) is 0 Å². The quantitative estimate of drug-likeness (QED) is 0.0197. The van der Waals surface area contributed by atoms with Crippen LogP contribution in [0.15, 0.2) is 60.8 Å². The molecule has 0 aromatic heterocycles. The van der Waals surface area contributed by atoms with E-state index < -0.39 is 13.9 Å². The monoisotopic (exact) mass is 934 g/mol. The van der Waals surface area contributed by atoms with Crippen LogP contribution < -0.4 is 4.89 Å². The summed E-state index contributed by atoms with van der Waals surface area (Å²) in [5.41, 5.74) is 0. The highest BCUT2D eigenvalue weighted by molar-refractivity contribution is 7.45. The Labute approximate surface area is 402 Å². The zero-order valence-electron chi connectivity index (χ0n) is 43.2. The molecule has 0 heterocycles. The van der Waals surface area contributed by atoms with E-state index in [1.165, 1.54) is 154 Å². The fourth-order valence-electron chi connectivity index (χ4n) is 7.35. The number of rotatable bonds is 50. The van der Waals surface area contributed by atoms with Crippen molar-refractivity contribution in [3.05, 3.63) is 60.8 Å². The number of nitrogens with zero attached hydrogens (tertiary/aromatic N) is 1. The molecular weight excluding hydrogens is 830 g/mol. The third kappa shape index (κ3) is 53.0. The first kappa shape index (κ1) is 63.2. The van der Waals surface area contributed by atoms with Crippen LogP contribution in [0.1, 0.15) is 232 Å². The van der Waals surface area contributed by atoms with Crippen molar-refractivity contribution in [3.8, 4) is 0 Å². The minimum atomic E-state index is -4.54. The zero-order chi connectivity index (χ0) is 47.6. The lowest BCUT2D eigenvalue weighted by atomic mass is 10.1. The van der Waals surface area contributed by atoms with E-state index in [9.17, 15) is 14.3 Å². The van der Waals surface area contributed by atoms with Crippen molar-refractivity contribution in [1.82, 2.24) is 0 Å². The number of esters is 1. The third-order valence-corrected chi connectivity index (χ3v) is 12.5. The van der Waals surface area contributed by atoms with Crippen molar-refractivity contribution >= 4 is 13.8 Å². The molecule has 8 nitrogen and oxygen atoms in total. The van der Waals surface area contributed by atoms with Crippen LogP contribution in [-0.4, -0.2) is 70.7 Å². The summed E-state index contributed by atoms with van der Waals surface area (Å²) < 4.78 is 34.8. The second-order valence-corrected chi connectivity index (χ2v) is 20.6. The maximum atomic E-state index is 12.8. The van der Waals surface area contributed by atoms with Gasteiger partial charge in [-0.05, 0) is 83.5 Å². The Kier molecular flexibility index (Phi) is 47.3. The lowest BCUT2D eigenvalue weighted by Crippen LogP contribution is -2.37. The van der Waals surface area contributed by atoms with Crippen LogP contribution in [0.25, 0.3) is 0 Å². The van der Waals surface area contributed by atoms with Crippen LogP contribution in [0.3, 0.4) is 0 Å². The maximum Gasteiger partial charge on any atom is 0.306 e. The molecule has 0 N–H and O–H groups in total. The molecule has 0 aromatic rings. The summed E-state index contributed by atoms with van der Waals surface area (Å²) in [6, 6.07) is 0. The second-order valence-electron chi connectivity index (χ2n) is 19.2. The number of likely N-dealkylation sites (N-methyl/N-ethyl adjacent to an activating group) is 1. The van der Waals surface area contributed by atoms with E-state index >= 15 is 0 Å². The molecule has 0 aliphatic carbocycles. The van der Waals surface area contributed by atoms with E-state index in [1.54, 1.807) is 0 Å². The highest BCUT2D eigenvalue weighted by Crippen LogP contribution is 2.38. The van der Waals surface area contributed by atoms with Gasteiger partial charge in [0.25, 0.3) is 7.82 Å². The Hall–Kier alpha value is -1.80. The smallest absolute Gasteiger partial charge is 0.306 e. The van der Waals surface area contributed by atoms with E-state index in [1.807, 2.05) is 21.1 Å². The van der Waals surface area contributed by atoms with Crippen LogP contribution in [-0.2, 0) is 27.9 Å². The lowest BCUT2D eigenvalue weighted by molar-refractivity contribution is -0.870. The number of quaternary nitrogens is 1. The summed E-state index contributed by atoms with van der Waals surface area (Å²) in [6.45, 7) is 5.38. The number of ether oxygens (including phenoxy) is 2. The Morgan fingerprint density at radius 1 is 0.477 bits per heavy atom. The van der Waals surface area contributed by atoms with Crippen LogP contribution in [0.2, 0.25) is 0 Å². The summed E-state index contributed by atoms with van der Waals surface area (Å²) in [6.07, 6.45) is 62.4. The molecule has 0 saturated carbocycles. The number of phosphoric ester groups is 1. The maximum absolute atomic E-state index is 12.8. The molecule has 2 atom stereocenters. The van der Waals surface area contributed by atoms with Crippen molar-refractivity contribution in [2.45, 2.75) is 238 Å². The molecule has 0 radical (unpaired) electrons. The molecule has 9 heteroatoms. The highest BCUT2D eigenvalue weighted by atomic mass is 31.2. The normalized spacial score (nSPS) is 14.0.